The molecule has 0 aliphatic carbocycles. The van der Waals surface area contributed by atoms with Crippen LogP contribution in [0.3, 0.4) is 0 Å². The number of halogens is 1. The Hall–Kier alpha value is -0.550. The lowest BCUT2D eigenvalue weighted by Crippen LogP contribution is -2.02. The summed E-state index contributed by atoms with van der Waals surface area (Å²) in [4.78, 5) is 3.32. The van der Waals surface area contributed by atoms with Crippen LogP contribution in [0.1, 0.15) is 5.69 Å². The van der Waals surface area contributed by atoms with Crippen molar-refractivity contribution < 1.29 is 0 Å². The van der Waals surface area contributed by atoms with E-state index < -0.39 is 0 Å². The Morgan fingerprint density at radius 3 is 2.69 bits per heavy atom. The van der Waals surface area contributed by atoms with Gasteiger partial charge in [-0.2, -0.15) is 0 Å². The molecule has 1 aromatic heterocycles. The molecule has 0 atom stereocenters. The van der Waals surface area contributed by atoms with E-state index in [2.05, 4.69) is 23.2 Å². The highest BCUT2D eigenvalue weighted by atomic mass is 127. The molecule has 0 spiro atoms. The Morgan fingerprint density at radius 1 is 1.23 bits per heavy atom. The summed E-state index contributed by atoms with van der Waals surface area (Å²) in [6.45, 7) is 0.701. The zero-order chi connectivity index (χ0) is 8.39. The van der Waals surface area contributed by atoms with E-state index in [4.69, 9.17) is 5.73 Å². The highest BCUT2D eigenvalue weighted by Gasteiger charge is 1.97. The van der Waals surface area contributed by atoms with Crippen LogP contribution in [0.4, 0.5) is 0 Å². The van der Waals surface area contributed by atoms with Gasteiger partial charge in [-0.15, -0.1) is 24.0 Å². The number of H-pyrrole nitrogens is 1. The molecule has 0 unspecified atom stereocenters. The highest BCUT2D eigenvalue weighted by Crippen LogP contribution is 2.14. The topological polar surface area (TPSA) is 41.8 Å². The SMILES string of the molecule is I.NCCc1cc2ccccc2[nH]1. The quantitative estimate of drug-likeness (QED) is 0.818. The number of nitrogens with one attached hydrogen (secondary N) is 1. The van der Waals surface area contributed by atoms with Gasteiger partial charge in [-0.25, -0.2) is 0 Å². The molecule has 0 radical (unpaired) electrons. The molecule has 0 saturated carbocycles. The van der Waals surface area contributed by atoms with Gasteiger partial charge in [0, 0.05) is 11.2 Å². The van der Waals surface area contributed by atoms with Gasteiger partial charge >= 0.3 is 0 Å². The van der Waals surface area contributed by atoms with Crippen LogP contribution < -0.4 is 5.73 Å². The van der Waals surface area contributed by atoms with Crippen molar-refractivity contribution in [1.29, 1.82) is 0 Å². The van der Waals surface area contributed by atoms with E-state index in [0.717, 1.165) is 6.42 Å². The molecular formula is C10H13IN2. The molecule has 13 heavy (non-hydrogen) atoms. The number of hydrogen-bond acceptors (Lipinski definition) is 1. The Labute approximate surface area is 94.5 Å². The smallest absolute Gasteiger partial charge is 0.0456 e. The zero-order valence-corrected chi connectivity index (χ0v) is 9.62. The van der Waals surface area contributed by atoms with Crippen molar-refractivity contribution in [1.82, 2.24) is 4.98 Å². The summed E-state index contributed by atoms with van der Waals surface area (Å²) in [6.07, 6.45) is 0.925. The van der Waals surface area contributed by atoms with Crippen molar-refractivity contribution in [2.75, 3.05) is 6.54 Å². The molecule has 0 saturated heterocycles. The number of aromatic amines is 1. The van der Waals surface area contributed by atoms with Crippen molar-refractivity contribution in [3.05, 3.63) is 36.0 Å². The van der Waals surface area contributed by atoms with Crippen LogP contribution in [0.5, 0.6) is 0 Å². The number of rotatable bonds is 2. The van der Waals surface area contributed by atoms with Gasteiger partial charge < -0.3 is 10.7 Å². The molecule has 0 aliphatic rings. The van der Waals surface area contributed by atoms with Gasteiger partial charge in [0.25, 0.3) is 0 Å². The molecular weight excluding hydrogens is 275 g/mol. The van der Waals surface area contributed by atoms with E-state index in [0.29, 0.717) is 6.54 Å². The summed E-state index contributed by atoms with van der Waals surface area (Å²) in [5.41, 5.74) is 7.88. The molecule has 0 bridgehead atoms. The summed E-state index contributed by atoms with van der Waals surface area (Å²) in [5, 5.41) is 1.26. The van der Waals surface area contributed by atoms with Crippen molar-refractivity contribution in [3.63, 3.8) is 0 Å². The van der Waals surface area contributed by atoms with Crippen molar-refractivity contribution in [3.8, 4) is 0 Å². The number of hydrogen-bond donors (Lipinski definition) is 2. The molecule has 70 valence electrons. The molecule has 0 aliphatic heterocycles. The first-order chi connectivity index (χ1) is 5.90. The second-order valence-electron chi connectivity index (χ2n) is 2.92. The maximum Gasteiger partial charge on any atom is 0.0456 e. The minimum atomic E-state index is 0. The number of fused-ring (bicyclic) bond motifs is 1. The summed E-state index contributed by atoms with van der Waals surface area (Å²) in [5.74, 6) is 0. The van der Waals surface area contributed by atoms with Crippen LogP contribution >= 0.6 is 24.0 Å². The summed E-state index contributed by atoms with van der Waals surface area (Å²) >= 11 is 0. The highest BCUT2D eigenvalue weighted by molar-refractivity contribution is 14.0. The second kappa shape index (κ2) is 4.62. The largest absolute Gasteiger partial charge is 0.358 e. The number of nitrogens with two attached hydrogens (primary N) is 1. The average molecular weight is 288 g/mol. The maximum absolute atomic E-state index is 5.46. The van der Waals surface area contributed by atoms with E-state index in [-0.39, 0.29) is 24.0 Å². The van der Waals surface area contributed by atoms with Crippen molar-refractivity contribution >= 4 is 34.9 Å². The summed E-state index contributed by atoms with van der Waals surface area (Å²) in [6, 6.07) is 10.4. The molecule has 0 fully saturated rings. The standard InChI is InChI=1S/C10H12N2.HI/c11-6-5-9-7-8-3-1-2-4-10(8)12-9;/h1-4,7,12H,5-6,11H2;1H. The molecule has 2 aromatic rings. The third kappa shape index (κ3) is 2.22. The third-order valence-corrected chi connectivity index (χ3v) is 2.00. The number of para-hydroxylation sites is 1. The Kier molecular flexibility index (Phi) is 3.74. The van der Waals surface area contributed by atoms with E-state index in [1.165, 1.54) is 16.6 Å². The lowest BCUT2D eigenvalue weighted by molar-refractivity contribution is 0.940. The van der Waals surface area contributed by atoms with Gasteiger partial charge in [-0.1, -0.05) is 18.2 Å². The Bertz CT molecular complexity index is 348. The summed E-state index contributed by atoms with van der Waals surface area (Å²) in [7, 11) is 0. The first-order valence-corrected chi connectivity index (χ1v) is 4.17. The second-order valence-corrected chi connectivity index (χ2v) is 2.92. The fraction of sp³-hybridized carbons (Fsp3) is 0.200. The van der Waals surface area contributed by atoms with Gasteiger partial charge in [0.2, 0.25) is 0 Å². The fourth-order valence-electron chi connectivity index (χ4n) is 1.42. The van der Waals surface area contributed by atoms with E-state index in [1.807, 2.05) is 12.1 Å². The van der Waals surface area contributed by atoms with Crippen molar-refractivity contribution in [2.24, 2.45) is 5.73 Å². The molecule has 2 rings (SSSR count). The maximum atomic E-state index is 5.46. The van der Waals surface area contributed by atoms with Crippen LogP contribution in [0, 0.1) is 0 Å². The molecule has 0 amide bonds. The molecule has 3 heteroatoms. The average Bonchev–Trinajstić information content (AvgIpc) is 2.47. The Balaban J connectivity index is 0.000000845. The molecule has 2 nitrogen and oxygen atoms in total. The van der Waals surface area contributed by atoms with E-state index in [1.54, 1.807) is 0 Å². The predicted molar refractivity (Wildman–Crippen MR) is 66.5 cm³/mol. The fourth-order valence-corrected chi connectivity index (χ4v) is 1.42. The predicted octanol–water partition coefficient (Wildman–Crippen LogP) is 2.29. The molecule has 3 N–H and O–H groups in total. The molecule has 1 heterocycles. The lowest BCUT2D eigenvalue weighted by Gasteiger charge is -1.89. The first-order valence-electron chi connectivity index (χ1n) is 4.17. The van der Waals surface area contributed by atoms with Crippen LogP contribution in [0.15, 0.2) is 30.3 Å². The van der Waals surface area contributed by atoms with Gasteiger partial charge in [-0.3, -0.25) is 0 Å². The van der Waals surface area contributed by atoms with Crippen LogP contribution in [0.2, 0.25) is 0 Å². The third-order valence-electron chi connectivity index (χ3n) is 2.00. The van der Waals surface area contributed by atoms with Gasteiger partial charge in [-0.05, 0) is 30.5 Å². The normalized spacial score (nSPS) is 9.92. The minimum Gasteiger partial charge on any atom is -0.358 e. The lowest BCUT2D eigenvalue weighted by atomic mass is 10.2. The minimum absolute atomic E-state index is 0. The van der Waals surface area contributed by atoms with Crippen LogP contribution in [0.25, 0.3) is 10.9 Å². The van der Waals surface area contributed by atoms with Gasteiger partial charge in [0.05, 0.1) is 0 Å². The Morgan fingerprint density at radius 2 is 2.00 bits per heavy atom. The van der Waals surface area contributed by atoms with Gasteiger partial charge in [0.1, 0.15) is 0 Å². The first kappa shape index (κ1) is 10.5. The molecule has 1 aromatic carbocycles. The van der Waals surface area contributed by atoms with Crippen LogP contribution in [-0.4, -0.2) is 11.5 Å². The number of aromatic nitrogens is 1. The summed E-state index contributed by atoms with van der Waals surface area (Å²) < 4.78 is 0. The monoisotopic (exact) mass is 288 g/mol. The van der Waals surface area contributed by atoms with Crippen LogP contribution in [-0.2, 0) is 6.42 Å². The zero-order valence-electron chi connectivity index (χ0n) is 7.29. The van der Waals surface area contributed by atoms with E-state index >= 15 is 0 Å². The van der Waals surface area contributed by atoms with Gasteiger partial charge in [0.15, 0.2) is 0 Å². The number of benzene rings is 1. The van der Waals surface area contributed by atoms with E-state index in [9.17, 15) is 0 Å². The van der Waals surface area contributed by atoms with Crippen molar-refractivity contribution in [2.45, 2.75) is 6.42 Å².